The first kappa shape index (κ1) is 16.1. The second kappa shape index (κ2) is 6.24. The second-order valence-corrected chi connectivity index (χ2v) is 7.64. The van der Waals surface area contributed by atoms with E-state index in [2.05, 4.69) is 39.9 Å². The third-order valence-corrected chi connectivity index (χ3v) is 4.27. The van der Waals surface area contributed by atoms with Gasteiger partial charge in [0, 0.05) is 28.4 Å². The predicted molar refractivity (Wildman–Crippen MR) is 88.2 cm³/mol. The minimum atomic E-state index is -0.213. The van der Waals surface area contributed by atoms with Gasteiger partial charge in [-0.05, 0) is 12.1 Å². The summed E-state index contributed by atoms with van der Waals surface area (Å²) in [5.41, 5.74) is 1.59. The summed E-state index contributed by atoms with van der Waals surface area (Å²) < 4.78 is 14.0. The quantitative estimate of drug-likeness (QED) is 0.882. The third kappa shape index (κ3) is 3.89. The highest BCUT2D eigenvalue weighted by Crippen LogP contribution is 2.35. The van der Waals surface area contributed by atoms with E-state index in [1.807, 2.05) is 6.07 Å². The molecule has 114 valence electrons. The van der Waals surface area contributed by atoms with Gasteiger partial charge < -0.3 is 5.32 Å². The molecule has 4 heteroatoms. The van der Waals surface area contributed by atoms with E-state index in [-0.39, 0.29) is 11.2 Å². The highest BCUT2D eigenvalue weighted by Gasteiger charge is 2.24. The molecule has 0 unspecified atom stereocenters. The van der Waals surface area contributed by atoms with Crippen molar-refractivity contribution in [2.45, 2.75) is 52.6 Å². The standard InChI is InChI=1S/C17H23FN2S/c1-11(2)19-10-14-15(17(3,4)5)20-16(21-14)12-8-6-7-9-13(12)18/h6-9,11,19H,10H2,1-5H3. The van der Waals surface area contributed by atoms with Gasteiger partial charge in [0.2, 0.25) is 0 Å². The van der Waals surface area contributed by atoms with E-state index in [4.69, 9.17) is 4.98 Å². The van der Waals surface area contributed by atoms with Crippen molar-refractivity contribution in [3.8, 4) is 10.6 Å². The Morgan fingerprint density at radius 3 is 2.48 bits per heavy atom. The van der Waals surface area contributed by atoms with Gasteiger partial charge in [-0.1, -0.05) is 46.8 Å². The molecule has 0 saturated carbocycles. The van der Waals surface area contributed by atoms with Crippen LogP contribution in [0.3, 0.4) is 0 Å². The lowest BCUT2D eigenvalue weighted by molar-refractivity contribution is 0.546. The van der Waals surface area contributed by atoms with Crippen molar-refractivity contribution in [1.82, 2.24) is 10.3 Å². The smallest absolute Gasteiger partial charge is 0.133 e. The number of nitrogens with zero attached hydrogens (tertiary/aromatic N) is 1. The normalized spacial score (nSPS) is 12.1. The average molecular weight is 306 g/mol. The molecule has 0 aliphatic rings. The lowest BCUT2D eigenvalue weighted by atomic mass is 9.91. The van der Waals surface area contributed by atoms with E-state index < -0.39 is 0 Å². The number of rotatable bonds is 4. The Bertz CT molecular complexity index is 611. The van der Waals surface area contributed by atoms with Crippen LogP contribution >= 0.6 is 11.3 Å². The Balaban J connectivity index is 2.43. The summed E-state index contributed by atoms with van der Waals surface area (Å²) in [7, 11) is 0. The van der Waals surface area contributed by atoms with E-state index in [0.29, 0.717) is 11.6 Å². The van der Waals surface area contributed by atoms with Crippen molar-refractivity contribution in [2.75, 3.05) is 0 Å². The first-order valence-corrected chi connectivity index (χ1v) is 8.09. The molecule has 1 heterocycles. The van der Waals surface area contributed by atoms with E-state index in [1.54, 1.807) is 23.5 Å². The van der Waals surface area contributed by atoms with Gasteiger partial charge in [-0.2, -0.15) is 0 Å². The molecule has 0 aliphatic carbocycles. The Hall–Kier alpha value is -1.26. The molecule has 2 nitrogen and oxygen atoms in total. The van der Waals surface area contributed by atoms with Gasteiger partial charge in [0.05, 0.1) is 5.69 Å². The molecule has 0 amide bonds. The van der Waals surface area contributed by atoms with Crippen LogP contribution in [0.5, 0.6) is 0 Å². The lowest BCUT2D eigenvalue weighted by Crippen LogP contribution is -2.23. The minimum Gasteiger partial charge on any atom is -0.310 e. The van der Waals surface area contributed by atoms with Crippen LogP contribution in [0.25, 0.3) is 10.6 Å². The SMILES string of the molecule is CC(C)NCc1sc(-c2ccccc2F)nc1C(C)(C)C. The predicted octanol–water partition coefficient (Wildman–Crippen LogP) is 4.74. The van der Waals surface area contributed by atoms with Gasteiger partial charge in [-0.25, -0.2) is 9.37 Å². The Morgan fingerprint density at radius 1 is 1.24 bits per heavy atom. The first-order chi connectivity index (χ1) is 9.79. The van der Waals surface area contributed by atoms with Gasteiger partial charge in [0.15, 0.2) is 0 Å². The molecular formula is C17H23FN2S. The summed E-state index contributed by atoms with van der Waals surface area (Å²) >= 11 is 1.58. The molecule has 0 radical (unpaired) electrons. The van der Waals surface area contributed by atoms with E-state index in [0.717, 1.165) is 17.2 Å². The maximum atomic E-state index is 14.0. The zero-order valence-electron chi connectivity index (χ0n) is 13.3. The van der Waals surface area contributed by atoms with Crippen molar-refractivity contribution < 1.29 is 4.39 Å². The molecular weight excluding hydrogens is 283 g/mol. The molecule has 2 rings (SSSR count). The van der Waals surface area contributed by atoms with Crippen LogP contribution in [-0.2, 0) is 12.0 Å². The molecule has 1 aromatic carbocycles. The minimum absolute atomic E-state index is 0.0476. The number of benzene rings is 1. The zero-order valence-corrected chi connectivity index (χ0v) is 14.1. The molecule has 21 heavy (non-hydrogen) atoms. The fourth-order valence-electron chi connectivity index (χ4n) is 2.10. The maximum absolute atomic E-state index is 14.0. The Morgan fingerprint density at radius 2 is 1.90 bits per heavy atom. The monoisotopic (exact) mass is 306 g/mol. The Labute approximate surface area is 130 Å². The molecule has 0 atom stereocenters. The fourth-order valence-corrected chi connectivity index (χ4v) is 3.35. The number of hydrogen-bond donors (Lipinski definition) is 1. The van der Waals surface area contributed by atoms with Gasteiger partial charge in [-0.15, -0.1) is 11.3 Å². The topological polar surface area (TPSA) is 24.9 Å². The van der Waals surface area contributed by atoms with Crippen LogP contribution in [0.2, 0.25) is 0 Å². The molecule has 0 spiro atoms. The maximum Gasteiger partial charge on any atom is 0.133 e. The molecule has 0 bridgehead atoms. The number of hydrogen-bond acceptors (Lipinski definition) is 3. The summed E-state index contributed by atoms with van der Waals surface area (Å²) in [6.07, 6.45) is 0. The third-order valence-electron chi connectivity index (χ3n) is 3.18. The van der Waals surface area contributed by atoms with Gasteiger partial charge in [0.25, 0.3) is 0 Å². The molecule has 0 aliphatic heterocycles. The number of thiazole rings is 1. The van der Waals surface area contributed by atoms with E-state index >= 15 is 0 Å². The van der Waals surface area contributed by atoms with Gasteiger partial charge >= 0.3 is 0 Å². The van der Waals surface area contributed by atoms with Gasteiger partial charge in [0.1, 0.15) is 10.8 Å². The summed E-state index contributed by atoms with van der Waals surface area (Å²) in [4.78, 5) is 5.92. The van der Waals surface area contributed by atoms with Crippen molar-refractivity contribution in [2.24, 2.45) is 0 Å². The highest BCUT2D eigenvalue weighted by molar-refractivity contribution is 7.15. The van der Waals surface area contributed by atoms with Crippen LogP contribution in [0, 0.1) is 5.82 Å². The number of aromatic nitrogens is 1. The van der Waals surface area contributed by atoms with Crippen LogP contribution in [0.4, 0.5) is 4.39 Å². The molecule has 1 aromatic heterocycles. The lowest BCUT2D eigenvalue weighted by Gasteiger charge is -2.18. The molecule has 0 saturated heterocycles. The Kier molecular flexibility index (Phi) is 4.79. The molecule has 1 N–H and O–H groups in total. The zero-order chi connectivity index (χ0) is 15.6. The second-order valence-electron chi connectivity index (χ2n) is 6.56. The van der Waals surface area contributed by atoms with Crippen molar-refractivity contribution in [3.05, 3.63) is 40.7 Å². The van der Waals surface area contributed by atoms with Gasteiger partial charge in [-0.3, -0.25) is 0 Å². The summed E-state index contributed by atoms with van der Waals surface area (Å²) in [6, 6.07) is 7.25. The fraction of sp³-hybridized carbons (Fsp3) is 0.471. The van der Waals surface area contributed by atoms with E-state index in [1.165, 1.54) is 10.9 Å². The highest BCUT2D eigenvalue weighted by atomic mass is 32.1. The largest absolute Gasteiger partial charge is 0.310 e. The first-order valence-electron chi connectivity index (χ1n) is 7.27. The summed E-state index contributed by atoms with van der Waals surface area (Å²) in [5, 5.41) is 4.19. The van der Waals surface area contributed by atoms with Crippen LogP contribution in [0.1, 0.15) is 45.2 Å². The summed E-state index contributed by atoms with van der Waals surface area (Å²) in [6.45, 7) is 11.5. The van der Waals surface area contributed by atoms with Crippen LogP contribution in [-0.4, -0.2) is 11.0 Å². The number of nitrogens with one attached hydrogen (secondary N) is 1. The van der Waals surface area contributed by atoms with E-state index in [9.17, 15) is 4.39 Å². The summed E-state index contributed by atoms with van der Waals surface area (Å²) in [5.74, 6) is -0.213. The van der Waals surface area contributed by atoms with Crippen molar-refractivity contribution in [3.63, 3.8) is 0 Å². The average Bonchev–Trinajstić information content (AvgIpc) is 2.81. The van der Waals surface area contributed by atoms with Crippen LogP contribution < -0.4 is 5.32 Å². The molecule has 0 fully saturated rings. The van der Waals surface area contributed by atoms with Crippen molar-refractivity contribution in [1.29, 1.82) is 0 Å². The van der Waals surface area contributed by atoms with Crippen molar-refractivity contribution >= 4 is 11.3 Å². The molecule has 2 aromatic rings. The van der Waals surface area contributed by atoms with Crippen LogP contribution in [0.15, 0.2) is 24.3 Å². The number of halogens is 1.